The van der Waals surface area contributed by atoms with Crippen LogP contribution in [-0.2, 0) is 5.60 Å². The van der Waals surface area contributed by atoms with Gasteiger partial charge in [-0.05, 0) is 55.7 Å². The van der Waals surface area contributed by atoms with Crippen molar-refractivity contribution in [1.82, 2.24) is 0 Å². The van der Waals surface area contributed by atoms with Crippen LogP contribution < -0.4 is 0 Å². The molecule has 0 aliphatic heterocycles. The van der Waals surface area contributed by atoms with E-state index in [9.17, 15) is 5.11 Å². The first-order valence-electron chi connectivity index (χ1n) is 6.31. The van der Waals surface area contributed by atoms with Gasteiger partial charge in [-0.15, -0.1) is 0 Å². The summed E-state index contributed by atoms with van der Waals surface area (Å²) in [5.41, 5.74) is 3.12. The van der Waals surface area contributed by atoms with E-state index in [0.29, 0.717) is 5.92 Å². The van der Waals surface area contributed by atoms with Gasteiger partial charge in [-0.1, -0.05) is 31.5 Å². The second kappa shape index (κ2) is 4.21. The summed E-state index contributed by atoms with van der Waals surface area (Å²) in [5.74, 6) is 0.639. The predicted octanol–water partition coefficient (Wildman–Crippen LogP) is 3.70. The summed E-state index contributed by atoms with van der Waals surface area (Å²) in [7, 11) is 0. The van der Waals surface area contributed by atoms with Crippen LogP contribution in [0.15, 0.2) is 18.2 Å². The first-order valence-corrected chi connectivity index (χ1v) is 6.31. The Kier molecular flexibility index (Phi) is 3.07. The van der Waals surface area contributed by atoms with Crippen molar-refractivity contribution < 1.29 is 5.11 Å². The molecule has 1 heteroatoms. The van der Waals surface area contributed by atoms with Gasteiger partial charge >= 0.3 is 0 Å². The van der Waals surface area contributed by atoms with E-state index in [2.05, 4.69) is 39.0 Å². The Balaban J connectivity index is 2.31. The Labute approximate surface area is 98.5 Å². The highest BCUT2D eigenvalue weighted by Gasteiger charge is 2.34. The lowest BCUT2D eigenvalue weighted by Gasteiger charge is -2.36. The molecule has 16 heavy (non-hydrogen) atoms. The molecule has 1 aromatic rings. The summed E-state index contributed by atoms with van der Waals surface area (Å²) in [4.78, 5) is 0. The van der Waals surface area contributed by atoms with Crippen molar-refractivity contribution in [2.45, 2.75) is 52.1 Å². The van der Waals surface area contributed by atoms with Gasteiger partial charge in [0.1, 0.15) is 0 Å². The standard InChI is InChI=1S/C15H22O/c1-11-5-4-8-15(16,10-11)14-7-6-12(2)13(3)9-14/h6-7,9,11,16H,4-5,8,10H2,1-3H3. The van der Waals surface area contributed by atoms with E-state index in [1.165, 1.54) is 17.5 Å². The number of hydrogen-bond acceptors (Lipinski definition) is 1. The molecule has 0 spiro atoms. The van der Waals surface area contributed by atoms with Gasteiger partial charge in [0.05, 0.1) is 5.60 Å². The van der Waals surface area contributed by atoms with Crippen molar-refractivity contribution in [1.29, 1.82) is 0 Å². The average Bonchev–Trinajstić information content (AvgIpc) is 2.21. The normalized spacial score (nSPS) is 30.4. The van der Waals surface area contributed by atoms with E-state index in [4.69, 9.17) is 0 Å². The molecule has 1 nitrogen and oxygen atoms in total. The number of rotatable bonds is 1. The van der Waals surface area contributed by atoms with Gasteiger partial charge in [0.15, 0.2) is 0 Å². The third-order valence-corrected chi connectivity index (χ3v) is 4.02. The second-order valence-corrected chi connectivity index (χ2v) is 5.53. The van der Waals surface area contributed by atoms with Crippen molar-refractivity contribution in [3.63, 3.8) is 0 Å². The van der Waals surface area contributed by atoms with Crippen LogP contribution in [0.2, 0.25) is 0 Å². The molecule has 2 rings (SSSR count). The minimum Gasteiger partial charge on any atom is -0.385 e. The molecule has 0 saturated heterocycles. The van der Waals surface area contributed by atoms with Gasteiger partial charge in [-0.3, -0.25) is 0 Å². The molecule has 1 aliphatic rings. The SMILES string of the molecule is Cc1ccc(C2(O)CCCC(C)C2)cc1C. The lowest BCUT2D eigenvalue weighted by Crippen LogP contribution is -2.31. The van der Waals surface area contributed by atoms with Gasteiger partial charge < -0.3 is 5.11 Å². The molecule has 1 aliphatic carbocycles. The fraction of sp³-hybridized carbons (Fsp3) is 0.600. The molecule has 2 unspecified atom stereocenters. The van der Waals surface area contributed by atoms with E-state index in [1.807, 2.05) is 0 Å². The molecule has 0 heterocycles. The topological polar surface area (TPSA) is 20.2 Å². The smallest absolute Gasteiger partial charge is 0.0899 e. The van der Waals surface area contributed by atoms with E-state index in [0.717, 1.165) is 24.8 Å². The molecular weight excluding hydrogens is 196 g/mol. The number of aliphatic hydroxyl groups is 1. The molecular formula is C15H22O. The summed E-state index contributed by atoms with van der Waals surface area (Å²) in [6.45, 7) is 6.48. The van der Waals surface area contributed by atoms with Gasteiger partial charge in [0.25, 0.3) is 0 Å². The van der Waals surface area contributed by atoms with Crippen LogP contribution in [0.25, 0.3) is 0 Å². The van der Waals surface area contributed by atoms with Gasteiger partial charge in [0.2, 0.25) is 0 Å². The first-order chi connectivity index (χ1) is 7.51. The van der Waals surface area contributed by atoms with Crippen molar-refractivity contribution in [2.24, 2.45) is 5.92 Å². The highest BCUT2D eigenvalue weighted by Crippen LogP contribution is 2.40. The van der Waals surface area contributed by atoms with Crippen LogP contribution in [-0.4, -0.2) is 5.11 Å². The fourth-order valence-corrected chi connectivity index (χ4v) is 2.82. The zero-order chi connectivity index (χ0) is 11.8. The van der Waals surface area contributed by atoms with Crippen LogP contribution >= 0.6 is 0 Å². The Bertz CT molecular complexity index is 383. The zero-order valence-corrected chi connectivity index (χ0v) is 10.6. The van der Waals surface area contributed by atoms with Crippen molar-refractivity contribution in [2.75, 3.05) is 0 Å². The number of hydrogen-bond donors (Lipinski definition) is 1. The number of aryl methyl sites for hydroxylation is 2. The van der Waals surface area contributed by atoms with Crippen LogP contribution in [0.5, 0.6) is 0 Å². The maximum absolute atomic E-state index is 10.7. The molecule has 88 valence electrons. The number of benzene rings is 1. The maximum atomic E-state index is 10.7. The summed E-state index contributed by atoms with van der Waals surface area (Å²) >= 11 is 0. The minimum absolute atomic E-state index is 0.573. The van der Waals surface area contributed by atoms with E-state index >= 15 is 0 Å². The fourth-order valence-electron chi connectivity index (χ4n) is 2.82. The molecule has 0 bridgehead atoms. The predicted molar refractivity (Wildman–Crippen MR) is 67.4 cm³/mol. The van der Waals surface area contributed by atoms with Gasteiger partial charge in [-0.2, -0.15) is 0 Å². The molecule has 1 fully saturated rings. The summed E-state index contributed by atoms with van der Waals surface area (Å²) in [6, 6.07) is 6.38. The van der Waals surface area contributed by atoms with Crippen LogP contribution in [0.3, 0.4) is 0 Å². The second-order valence-electron chi connectivity index (χ2n) is 5.53. The summed E-state index contributed by atoms with van der Waals surface area (Å²) in [5, 5.41) is 10.7. The van der Waals surface area contributed by atoms with E-state index in [-0.39, 0.29) is 0 Å². The van der Waals surface area contributed by atoms with Crippen LogP contribution in [0.1, 0.15) is 49.3 Å². The van der Waals surface area contributed by atoms with E-state index in [1.54, 1.807) is 0 Å². The molecule has 2 atom stereocenters. The largest absolute Gasteiger partial charge is 0.385 e. The van der Waals surface area contributed by atoms with Crippen molar-refractivity contribution in [3.05, 3.63) is 34.9 Å². The lowest BCUT2D eigenvalue weighted by molar-refractivity contribution is -0.0179. The maximum Gasteiger partial charge on any atom is 0.0899 e. The third-order valence-electron chi connectivity index (χ3n) is 4.02. The Hall–Kier alpha value is -0.820. The Morgan fingerprint density at radius 2 is 2.00 bits per heavy atom. The molecule has 1 saturated carbocycles. The minimum atomic E-state index is -0.573. The van der Waals surface area contributed by atoms with Crippen LogP contribution in [0.4, 0.5) is 0 Å². The Morgan fingerprint density at radius 3 is 2.62 bits per heavy atom. The Morgan fingerprint density at radius 1 is 1.25 bits per heavy atom. The molecule has 0 aromatic heterocycles. The first kappa shape index (κ1) is 11.7. The molecule has 0 amide bonds. The highest BCUT2D eigenvalue weighted by atomic mass is 16.3. The monoisotopic (exact) mass is 218 g/mol. The third kappa shape index (κ3) is 2.15. The molecule has 1 N–H and O–H groups in total. The quantitative estimate of drug-likeness (QED) is 0.762. The van der Waals surface area contributed by atoms with Crippen LogP contribution in [0, 0.1) is 19.8 Å². The zero-order valence-electron chi connectivity index (χ0n) is 10.6. The molecule has 1 aromatic carbocycles. The molecule has 0 radical (unpaired) electrons. The lowest BCUT2D eigenvalue weighted by atomic mass is 9.75. The van der Waals surface area contributed by atoms with E-state index < -0.39 is 5.60 Å². The summed E-state index contributed by atoms with van der Waals surface area (Å²) < 4.78 is 0. The average molecular weight is 218 g/mol. The van der Waals surface area contributed by atoms with Gasteiger partial charge in [-0.25, -0.2) is 0 Å². The van der Waals surface area contributed by atoms with Gasteiger partial charge in [0, 0.05) is 0 Å². The van der Waals surface area contributed by atoms with Crippen molar-refractivity contribution >= 4 is 0 Å². The summed E-state index contributed by atoms with van der Waals surface area (Å²) in [6.07, 6.45) is 4.23. The highest BCUT2D eigenvalue weighted by molar-refractivity contribution is 5.33. The van der Waals surface area contributed by atoms with Crippen molar-refractivity contribution in [3.8, 4) is 0 Å².